The van der Waals surface area contributed by atoms with Crippen LogP contribution in [0, 0.1) is 5.92 Å². The summed E-state index contributed by atoms with van der Waals surface area (Å²) in [5.74, 6) is 0.629. The Hall–Kier alpha value is -0.570. The van der Waals surface area contributed by atoms with Crippen LogP contribution in [0.1, 0.15) is 38.3 Å². The number of rotatable bonds is 7. The maximum atomic E-state index is 5.90. The molecule has 1 aromatic rings. The number of nitrogens with zero attached hydrogens (tertiary/aromatic N) is 1. The first kappa shape index (κ1) is 15.5. The minimum Gasteiger partial charge on any atom is -0.330 e. The normalized spacial score (nSPS) is 14.8. The highest BCUT2D eigenvalue weighted by atomic mass is 35.5. The molecule has 18 heavy (non-hydrogen) atoms. The zero-order valence-electron chi connectivity index (χ0n) is 11.7. The molecule has 0 saturated heterocycles. The number of halogens is 1. The number of hydrogen-bond acceptors (Lipinski definition) is 2. The molecule has 0 saturated carbocycles. The van der Waals surface area contributed by atoms with Crippen LogP contribution >= 0.6 is 11.6 Å². The van der Waals surface area contributed by atoms with E-state index in [2.05, 4.69) is 37.9 Å². The van der Waals surface area contributed by atoms with E-state index in [1.54, 1.807) is 0 Å². The SMILES string of the molecule is CC(CN)CCCN(C)C(C)c1ccc(Cl)cc1. The Morgan fingerprint density at radius 2 is 1.83 bits per heavy atom. The first-order valence-electron chi connectivity index (χ1n) is 6.70. The molecule has 0 bridgehead atoms. The monoisotopic (exact) mass is 268 g/mol. The fraction of sp³-hybridized carbons (Fsp3) is 0.600. The summed E-state index contributed by atoms with van der Waals surface area (Å²) in [5.41, 5.74) is 6.94. The van der Waals surface area contributed by atoms with E-state index in [-0.39, 0.29) is 0 Å². The van der Waals surface area contributed by atoms with Gasteiger partial charge in [-0.15, -0.1) is 0 Å². The van der Waals surface area contributed by atoms with Crippen molar-refractivity contribution in [2.45, 2.75) is 32.7 Å². The van der Waals surface area contributed by atoms with E-state index >= 15 is 0 Å². The second-order valence-corrected chi connectivity index (χ2v) is 5.63. The summed E-state index contributed by atoms with van der Waals surface area (Å²) in [6, 6.07) is 8.54. The van der Waals surface area contributed by atoms with Crippen molar-refractivity contribution in [1.29, 1.82) is 0 Å². The van der Waals surface area contributed by atoms with Crippen molar-refractivity contribution in [1.82, 2.24) is 4.90 Å². The van der Waals surface area contributed by atoms with Gasteiger partial charge in [0.2, 0.25) is 0 Å². The van der Waals surface area contributed by atoms with Crippen LogP contribution in [0.4, 0.5) is 0 Å². The molecule has 1 aromatic carbocycles. The minimum atomic E-state index is 0.426. The number of benzene rings is 1. The summed E-state index contributed by atoms with van der Waals surface area (Å²) in [7, 11) is 2.17. The van der Waals surface area contributed by atoms with E-state index in [4.69, 9.17) is 17.3 Å². The Kier molecular flexibility index (Phi) is 6.69. The second-order valence-electron chi connectivity index (χ2n) is 5.19. The lowest BCUT2D eigenvalue weighted by molar-refractivity contribution is 0.251. The highest BCUT2D eigenvalue weighted by molar-refractivity contribution is 6.30. The topological polar surface area (TPSA) is 29.3 Å². The van der Waals surface area contributed by atoms with Crippen LogP contribution in [-0.4, -0.2) is 25.0 Å². The maximum Gasteiger partial charge on any atom is 0.0406 e. The van der Waals surface area contributed by atoms with Crippen molar-refractivity contribution in [3.8, 4) is 0 Å². The van der Waals surface area contributed by atoms with Crippen molar-refractivity contribution < 1.29 is 0 Å². The summed E-state index contributed by atoms with van der Waals surface area (Å²) >= 11 is 5.90. The van der Waals surface area contributed by atoms with Gasteiger partial charge in [0.1, 0.15) is 0 Å². The van der Waals surface area contributed by atoms with Gasteiger partial charge in [0, 0.05) is 11.1 Å². The number of nitrogens with two attached hydrogens (primary N) is 1. The van der Waals surface area contributed by atoms with Crippen LogP contribution in [0.5, 0.6) is 0 Å². The van der Waals surface area contributed by atoms with Gasteiger partial charge >= 0.3 is 0 Å². The molecule has 0 aliphatic rings. The van der Waals surface area contributed by atoms with Gasteiger partial charge in [-0.05, 0) is 63.5 Å². The van der Waals surface area contributed by atoms with Gasteiger partial charge in [0.05, 0.1) is 0 Å². The lowest BCUT2D eigenvalue weighted by Crippen LogP contribution is -2.24. The van der Waals surface area contributed by atoms with Gasteiger partial charge < -0.3 is 5.73 Å². The quantitative estimate of drug-likeness (QED) is 0.817. The van der Waals surface area contributed by atoms with Crippen LogP contribution in [0.15, 0.2) is 24.3 Å². The summed E-state index contributed by atoms with van der Waals surface area (Å²) in [5, 5.41) is 0.797. The summed E-state index contributed by atoms with van der Waals surface area (Å²) < 4.78 is 0. The Labute approximate surface area is 116 Å². The van der Waals surface area contributed by atoms with Crippen LogP contribution in [-0.2, 0) is 0 Å². The third-order valence-corrected chi connectivity index (χ3v) is 3.88. The van der Waals surface area contributed by atoms with Crippen molar-refractivity contribution in [3.05, 3.63) is 34.9 Å². The molecule has 0 radical (unpaired) electrons. The molecular weight excluding hydrogens is 244 g/mol. The van der Waals surface area contributed by atoms with Gasteiger partial charge in [-0.2, -0.15) is 0 Å². The van der Waals surface area contributed by atoms with Crippen LogP contribution in [0.25, 0.3) is 0 Å². The highest BCUT2D eigenvalue weighted by Crippen LogP contribution is 2.21. The molecular formula is C15H25ClN2. The van der Waals surface area contributed by atoms with Crippen LogP contribution < -0.4 is 5.73 Å². The molecule has 0 amide bonds. The Morgan fingerprint density at radius 3 is 2.39 bits per heavy atom. The third-order valence-electron chi connectivity index (χ3n) is 3.62. The van der Waals surface area contributed by atoms with Crippen molar-refractivity contribution in [2.75, 3.05) is 20.1 Å². The average molecular weight is 269 g/mol. The molecule has 2 N–H and O–H groups in total. The molecule has 2 unspecified atom stereocenters. The minimum absolute atomic E-state index is 0.426. The van der Waals surface area contributed by atoms with Gasteiger partial charge in [0.25, 0.3) is 0 Å². The molecule has 3 heteroatoms. The zero-order chi connectivity index (χ0) is 13.5. The summed E-state index contributed by atoms with van der Waals surface area (Å²) in [6.45, 7) is 6.34. The van der Waals surface area contributed by atoms with Gasteiger partial charge in [-0.1, -0.05) is 30.7 Å². The molecule has 102 valence electrons. The molecule has 1 rings (SSSR count). The third kappa shape index (κ3) is 4.97. The lowest BCUT2D eigenvalue weighted by atomic mass is 10.0. The largest absolute Gasteiger partial charge is 0.330 e. The molecule has 2 nitrogen and oxygen atoms in total. The fourth-order valence-corrected chi connectivity index (χ4v) is 2.12. The second kappa shape index (κ2) is 7.78. The van der Waals surface area contributed by atoms with Crippen molar-refractivity contribution in [3.63, 3.8) is 0 Å². The molecule has 0 fully saturated rings. The van der Waals surface area contributed by atoms with Gasteiger partial charge in [-0.3, -0.25) is 4.90 Å². The van der Waals surface area contributed by atoms with E-state index in [1.165, 1.54) is 18.4 Å². The summed E-state index contributed by atoms with van der Waals surface area (Å²) in [4.78, 5) is 2.38. The predicted molar refractivity (Wildman–Crippen MR) is 79.9 cm³/mol. The zero-order valence-corrected chi connectivity index (χ0v) is 12.5. The Balaban J connectivity index is 2.41. The predicted octanol–water partition coefficient (Wildman–Crippen LogP) is 3.71. The van der Waals surface area contributed by atoms with E-state index in [0.29, 0.717) is 12.0 Å². The van der Waals surface area contributed by atoms with E-state index in [1.807, 2.05) is 12.1 Å². The smallest absolute Gasteiger partial charge is 0.0406 e. The van der Waals surface area contributed by atoms with Crippen LogP contribution in [0.2, 0.25) is 5.02 Å². The molecule has 2 atom stereocenters. The molecule has 0 heterocycles. The average Bonchev–Trinajstić information content (AvgIpc) is 2.38. The molecule has 0 aliphatic carbocycles. The van der Waals surface area contributed by atoms with Gasteiger partial charge in [0.15, 0.2) is 0 Å². The maximum absolute atomic E-state index is 5.90. The molecule has 0 aliphatic heterocycles. The summed E-state index contributed by atoms with van der Waals surface area (Å²) in [6.07, 6.45) is 2.40. The van der Waals surface area contributed by atoms with Crippen molar-refractivity contribution in [2.24, 2.45) is 11.7 Å². The van der Waals surface area contributed by atoms with E-state index < -0.39 is 0 Å². The first-order valence-corrected chi connectivity index (χ1v) is 7.08. The van der Waals surface area contributed by atoms with Crippen LogP contribution in [0.3, 0.4) is 0 Å². The number of hydrogen-bond donors (Lipinski definition) is 1. The first-order chi connectivity index (χ1) is 8.54. The highest BCUT2D eigenvalue weighted by Gasteiger charge is 2.11. The van der Waals surface area contributed by atoms with E-state index in [0.717, 1.165) is 18.1 Å². The fourth-order valence-electron chi connectivity index (χ4n) is 2.00. The van der Waals surface area contributed by atoms with Gasteiger partial charge in [-0.25, -0.2) is 0 Å². The standard InChI is InChI=1S/C15H25ClN2/c1-12(11-17)5-4-10-18(3)13(2)14-6-8-15(16)9-7-14/h6-9,12-13H,4-5,10-11,17H2,1-3H3. The van der Waals surface area contributed by atoms with E-state index in [9.17, 15) is 0 Å². The Bertz CT molecular complexity index is 337. The lowest BCUT2D eigenvalue weighted by Gasteiger charge is -2.25. The Morgan fingerprint density at radius 1 is 1.22 bits per heavy atom. The molecule has 0 aromatic heterocycles. The van der Waals surface area contributed by atoms with Crippen molar-refractivity contribution >= 4 is 11.6 Å². The molecule has 0 spiro atoms.